The van der Waals surface area contributed by atoms with Crippen molar-refractivity contribution in [2.75, 3.05) is 19.6 Å². The number of oxazole rings is 1. The fourth-order valence-electron chi connectivity index (χ4n) is 3.38. The number of nitrogens with two attached hydrogens (primary N) is 1. The predicted molar refractivity (Wildman–Crippen MR) is 69.9 cm³/mol. The number of amides is 1. The molecule has 2 aromatic rings. The second-order valence-electron chi connectivity index (χ2n) is 5.59. The van der Waals surface area contributed by atoms with Crippen molar-refractivity contribution >= 4 is 17.0 Å². The van der Waals surface area contributed by atoms with E-state index in [1.807, 2.05) is 6.07 Å². The first-order valence-electron chi connectivity index (χ1n) is 6.60. The normalized spacial score (nSPS) is 29.2. The summed E-state index contributed by atoms with van der Waals surface area (Å²) in [6, 6.07) is 5.32. The molecule has 19 heavy (non-hydrogen) atoms. The number of hydrogen-bond donors (Lipinski definition) is 1. The zero-order valence-electron chi connectivity index (χ0n) is 10.6. The van der Waals surface area contributed by atoms with Crippen LogP contribution in [0.4, 0.5) is 0 Å². The Bertz CT molecular complexity index is 668. The molecule has 98 valence electrons. The molecule has 2 aliphatic rings. The summed E-state index contributed by atoms with van der Waals surface area (Å²) in [4.78, 5) is 18.5. The van der Waals surface area contributed by atoms with Gasteiger partial charge in [0.2, 0.25) is 5.89 Å². The molecule has 4 rings (SSSR count). The third kappa shape index (κ3) is 1.45. The van der Waals surface area contributed by atoms with Crippen molar-refractivity contribution in [2.45, 2.75) is 18.3 Å². The molecule has 1 aromatic heterocycles. The summed E-state index contributed by atoms with van der Waals surface area (Å²) in [7, 11) is 0. The summed E-state index contributed by atoms with van der Waals surface area (Å²) in [5.41, 5.74) is 7.14. The summed E-state index contributed by atoms with van der Waals surface area (Å²) in [5.74, 6) is 0.318. The molecule has 3 heterocycles. The lowest BCUT2D eigenvalue weighted by Crippen LogP contribution is -2.24. The average Bonchev–Trinajstić information content (AvgIpc) is 3.11. The number of primary amides is 1. The number of benzene rings is 1. The van der Waals surface area contributed by atoms with Gasteiger partial charge in [-0.2, -0.15) is 0 Å². The molecule has 2 saturated heterocycles. The van der Waals surface area contributed by atoms with E-state index in [1.165, 1.54) is 0 Å². The van der Waals surface area contributed by atoms with E-state index in [0.717, 1.165) is 38.4 Å². The molecular formula is C14H15N3O2. The van der Waals surface area contributed by atoms with Crippen LogP contribution >= 0.6 is 0 Å². The lowest BCUT2D eigenvalue weighted by molar-refractivity contribution is 0.100. The van der Waals surface area contributed by atoms with Crippen LogP contribution in [0.1, 0.15) is 29.1 Å². The standard InChI is InChI=1S/C14H15N3O2/c15-12(18)9-2-1-3-10-11(9)16-13(19-10)14-4-6-17(8-14)7-5-14/h1-3H,4-8H2,(H2,15,18). The topological polar surface area (TPSA) is 72.4 Å². The van der Waals surface area contributed by atoms with Crippen molar-refractivity contribution in [1.29, 1.82) is 0 Å². The van der Waals surface area contributed by atoms with Gasteiger partial charge in [-0.3, -0.25) is 4.79 Å². The number of para-hydroxylation sites is 1. The van der Waals surface area contributed by atoms with Crippen molar-refractivity contribution in [1.82, 2.24) is 9.88 Å². The number of carbonyl (C=O) groups is 1. The molecule has 5 heteroatoms. The number of hydrogen-bond acceptors (Lipinski definition) is 4. The summed E-state index contributed by atoms with van der Waals surface area (Å²) in [6.45, 7) is 3.24. The molecule has 2 fully saturated rings. The van der Waals surface area contributed by atoms with Crippen LogP contribution in [-0.4, -0.2) is 35.4 Å². The van der Waals surface area contributed by atoms with Gasteiger partial charge >= 0.3 is 0 Å². The van der Waals surface area contributed by atoms with Crippen LogP contribution in [0.25, 0.3) is 11.1 Å². The first-order valence-corrected chi connectivity index (χ1v) is 6.60. The van der Waals surface area contributed by atoms with Crippen LogP contribution in [0.15, 0.2) is 22.6 Å². The van der Waals surface area contributed by atoms with E-state index in [1.54, 1.807) is 12.1 Å². The van der Waals surface area contributed by atoms with Crippen LogP contribution in [0.5, 0.6) is 0 Å². The molecule has 0 unspecified atom stereocenters. The van der Waals surface area contributed by atoms with Gasteiger partial charge in [-0.05, 0) is 38.1 Å². The Kier molecular flexibility index (Phi) is 2.07. The minimum atomic E-state index is -0.456. The van der Waals surface area contributed by atoms with Gasteiger partial charge in [0.25, 0.3) is 5.91 Å². The fraction of sp³-hybridized carbons (Fsp3) is 0.429. The van der Waals surface area contributed by atoms with Crippen molar-refractivity contribution in [3.8, 4) is 0 Å². The maximum absolute atomic E-state index is 11.4. The summed E-state index contributed by atoms with van der Waals surface area (Å²) in [5, 5.41) is 0. The van der Waals surface area contributed by atoms with E-state index in [4.69, 9.17) is 10.2 Å². The molecule has 0 saturated carbocycles. The van der Waals surface area contributed by atoms with E-state index in [9.17, 15) is 4.79 Å². The van der Waals surface area contributed by atoms with Gasteiger partial charge in [0.1, 0.15) is 5.52 Å². The van der Waals surface area contributed by atoms with Crippen molar-refractivity contribution in [3.63, 3.8) is 0 Å². The molecule has 0 aliphatic carbocycles. The van der Waals surface area contributed by atoms with E-state index in [0.29, 0.717) is 16.7 Å². The minimum absolute atomic E-state index is 0.0495. The van der Waals surface area contributed by atoms with E-state index < -0.39 is 5.91 Å². The van der Waals surface area contributed by atoms with Crippen molar-refractivity contribution < 1.29 is 9.21 Å². The third-order valence-corrected chi connectivity index (χ3v) is 4.48. The van der Waals surface area contributed by atoms with E-state index in [-0.39, 0.29) is 5.41 Å². The molecule has 1 aromatic carbocycles. The summed E-state index contributed by atoms with van der Waals surface area (Å²) < 4.78 is 5.92. The van der Waals surface area contributed by atoms with Gasteiger partial charge in [-0.1, -0.05) is 6.07 Å². The second-order valence-corrected chi connectivity index (χ2v) is 5.59. The Morgan fingerprint density at radius 2 is 2.16 bits per heavy atom. The Labute approximate surface area is 110 Å². The molecule has 1 amide bonds. The lowest BCUT2D eigenvalue weighted by Gasteiger charge is -2.20. The Morgan fingerprint density at radius 3 is 2.79 bits per heavy atom. The third-order valence-electron chi connectivity index (χ3n) is 4.48. The van der Waals surface area contributed by atoms with E-state index >= 15 is 0 Å². The monoisotopic (exact) mass is 257 g/mol. The highest BCUT2D eigenvalue weighted by Gasteiger charge is 2.48. The Balaban J connectivity index is 1.89. The number of carbonyl (C=O) groups excluding carboxylic acids is 1. The van der Waals surface area contributed by atoms with Crippen molar-refractivity contribution in [2.24, 2.45) is 5.73 Å². The lowest BCUT2D eigenvalue weighted by atomic mass is 9.84. The number of piperidine rings is 1. The van der Waals surface area contributed by atoms with Gasteiger partial charge < -0.3 is 15.1 Å². The molecule has 0 spiro atoms. The molecule has 2 bridgehead atoms. The van der Waals surface area contributed by atoms with Crippen LogP contribution in [0.2, 0.25) is 0 Å². The maximum atomic E-state index is 11.4. The number of aromatic nitrogens is 1. The number of nitrogens with zero attached hydrogens (tertiary/aromatic N) is 2. The summed E-state index contributed by atoms with van der Waals surface area (Å²) >= 11 is 0. The Morgan fingerprint density at radius 1 is 1.37 bits per heavy atom. The molecule has 0 radical (unpaired) electrons. The summed E-state index contributed by atoms with van der Waals surface area (Å²) in [6.07, 6.45) is 2.18. The van der Waals surface area contributed by atoms with Crippen molar-refractivity contribution in [3.05, 3.63) is 29.7 Å². The van der Waals surface area contributed by atoms with Crippen LogP contribution < -0.4 is 5.73 Å². The van der Waals surface area contributed by atoms with Crippen LogP contribution in [0, 0.1) is 0 Å². The zero-order valence-corrected chi connectivity index (χ0v) is 10.6. The number of rotatable bonds is 2. The fourth-order valence-corrected chi connectivity index (χ4v) is 3.38. The van der Waals surface area contributed by atoms with Gasteiger partial charge in [0.15, 0.2) is 5.58 Å². The first kappa shape index (κ1) is 11.0. The van der Waals surface area contributed by atoms with E-state index in [2.05, 4.69) is 9.88 Å². The van der Waals surface area contributed by atoms with Crippen LogP contribution in [0.3, 0.4) is 0 Å². The van der Waals surface area contributed by atoms with Gasteiger partial charge in [0, 0.05) is 6.54 Å². The minimum Gasteiger partial charge on any atom is -0.440 e. The maximum Gasteiger partial charge on any atom is 0.251 e. The Hall–Kier alpha value is -1.88. The van der Waals surface area contributed by atoms with Gasteiger partial charge in [-0.25, -0.2) is 4.98 Å². The largest absolute Gasteiger partial charge is 0.440 e. The highest BCUT2D eigenvalue weighted by molar-refractivity contribution is 6.03. The second kappa shape index (κ2) is 3.57. The average molecular weight is 257 g/mol. The van der Waals surface area contributed by atoms with Gasteiger partial charge in [-0.15, -0.1) is 0 Å². The highest BCUT2D eigenvalue weighted by Crippen LogP contribution is 2.43. The van der Waals surface area contributed by atoms with Gasteiger partial charge in [0.05, 0.1) is 11.0 Å². The molecule has 2 aliphatic heterocycles. The SMILES string of the molecule is NC(=O)c1cccc2oc(C34CCN(CC3)C4)nc12. The van der Waals surface area contributed by atoms with Crippen LogP contribution in [-0.2, 0) is 5.41 Å². The number of fused-ring (bicyclic) bond motifs is 3. The predicted octanol–water partition coefficient (Wildman–Crippen LogP) is 1.27. The quantitative estimate of drug-likeness (QED) is 0.879. The highest BCUT2D eigenvalue weighted by atomic mass is 16.3. The molecule has 5 nitrogen and oxygen atoms in total. The molecular weight excluding hydrogens is 242 g/mol. The zero-order chi connectivity index (χ0) is 13.0. The first-order chi connectivity index (χ1) is 9.18. The molecule has 0 atom stereocenters. The molecule has 2 N–H and O–H groups in total. The smallest absolute Gasteiger partial charge is 0.251 e.